The number of hydrogen-bond donors (Lipinski definition) is 1. The van der Waals surface area contributed by atoms with Gasteiger partial charge in [-0.2, -0.15) is 0 Å². The van der Waals surface area contributed by atoms with Crippen molar-refractivity contribution in [3.63, 3.8) is 0 Å². The third-order valence-corrected chi connectivity index (χ3v) is 0.926. The van der Waals surface area contributed by atoms with E-state index < -0.39 is 0 Å². The molecule has 0 aromatic carbocycles. The largest absolute Gasteiger partial charge is 0.625 e. The zero-order valence-corrected chi connectivity index (χ0v) is 5.39. The van der Waals surface area contributed by atoms with Crippen LogP contribution in [0.15, 0.2) is 25.3 Å². The molecule has 0 saturated carbocycles. The Labute approximate surface area is 55.2 Å². The maximum absolute atomic E-state index is 10.0. The lowest BCUT2D eigenvalue weighted by Crippen LogP contribution is -2.65. The molecule has 50 valence electrons. The molecule has 0 aromatic rings. The minimum atomic E-state index is 0.621. The Morgan fingerprint density at radius 3 is 2.00 bits per heavy atom. The van der Waals surface area contributed by atoms with Crippen LogP contribution in [0.3, 0.4) is 0 Å². The summed E-state index contributed by atoms with van der Waals surface area (Å²) in [6, 6.07) is 0. The Kier molecular flexibility index (Phi) is 4.50. The fourth-order valence-corrected chi connectivity index (χ4v) is 0.515. The summed E-state index contributed by atoms with van der Waals surface area (Å²) in [5.41, 5.74) is 0.708. The first-order valence-electron chi connectivity index (χ1n) is 2.79. The Morgan fingerprint density at radius 1 is 1.33 bits per heavy atom. The summed E-state index contributed by atoms with van der Waals surface area (Å²) in [6.07, 6.45) is 4.61. The predicted octanol–water partition coefficient (Wildman–Crippen LogP) is 0.158. The maximum atomic E-state index is 10.0. The molecule has 0 saturated heterocycles. The molecule has 0 amide bonds. The van der Waals surface area contributed by atoms with E-state index in [-0.39, 0.29) is 0 Å². The molecule has 0 unspecified atom stereocenters. The van der Waals surface area contributed by atoms with Gasteiger partial charge in [0.1, 0.15) is 0 Å². The van der Waals surface area contributed by atoms with Crippen LogP contribution in [0.5, 0.6) is 0 Å². The summed E-state index contributed by atoms with van der Waals surface area (Å²) >= 11 is 0. The van der Waals surface area contributed by atoms with Gasteiger partial charge in [-0.25, -0.2) is 5.16 Å². The van der Waals surface area contributed by atoms with E-state index in [2.05, 4.69) is 13.2 Å². The molecular weight excluding hydrogens is 114 g/mol. The van der Waals surface area contributed by atoms with E-state index in [1.165, 1.54) is 0 Å². The molecule has 1 N–H and O–H groups in total. The van der Waals surface area contributed by atoms with Crippen molar-refractivity contribution in [1.29, 1.82) is 0 Å². The van der Waals surface area contributed by atoms with Crippen molar-refractivity contribution < 1.29 is 5.16 Å². The van der Waals surface area contributed by atoms with Crippen LogP contribution in [0, 0.1) is 5.21 Å². The van der Waals surface area contributed by atoms with Crippen LogP contribution in [0.1, 0.15) is 12.8 Å². The lowest BCUT2D eigenvalue weighted by molar-refractivity contribution is -0.375. The van der Waals surface area contributed by atoms with Crippen molar-refractivity contribution in [2.45, 2.75) is 12.8 Å². The monoisotopic (exact) mass is 125 g/mol. The van der Waals surface area contributed by atoms with Gasteiger partial charge in [0, 0.05) is 12.8 Å². The van der Waals surface area contributed by atoms with Crippen molar-refractivity contribution in [2.75, 3.05) is 0 Å². The summed E-state index contributed by atoms with van der Waals surface area (Å²) in [5.74, 6) is 0. The quantitative estimate of drug-likeness (QED) is 0.247. The van der Waals surface area contributed by atoms with Crippen LogP contribution in [-0.4, -0.2) is 5.71 Å². The smallest absolute Gasteiger partial charge is 0.169 e. The molecule has 0 aliphatic rings. The predicted molar refractivity (Wildman–Crippen MR) is 39.0 cm³/mol. The molecule has 0 fully saturated rings. The Bertz CT molecular complexity index is 115. The van der Waals surface area contributed by atoms with Gasteiger partial charge in [0.2, 0.25) is 0 Å². The summed E-state index contributed by atoms with van der Waals surface area (Å²) in [6.45, 7) is 6.99. The van der Waals surface area contributed by atoms with Gasteiger partial charge >= 0.3 is 0 Å². The summed E-state index contributed by atoms with van der Waals surface area (Å²) in [7, 11) is 0. The van der Waals surface area contributed by atoms with Gasteiger partial charge in [0.25, 0.3) is 0 Å². The van der Waals surface area contributed by atoms with Gasteiger partial charge in [0.05, 0.1) is 0 Å². The molecule has 0 heterocycles. The highest BCUT2D eigenvalue weighted by atomic mass is 16.4. The van der Waals surface area contributed by atoms with E-state index >= 15 is 0 Å². The first-order valence-corrected chi connectivity index (χ1v) is 2.79. The third-order valence-electron chi connectivity index (χ3n) is 0.926. The SMILES string of the molecule is C=CCC(CC=C)=[NH+][O-]. The number of allylic oxidation sites excluding steroid dienone is 2. The van der Waals surface area contributed by atoms with Gasteiger partial charge in [-0.15, -0.1) is 13.2 Å². The average molecular weight is 125 g/mol. The second-order valence-electron chi connectivity index (χ2n) is 1.69. The van der Waals surface area contributed by atoms with E-state index in [0.29, 0.717) is 18.6 Å². The molecule has 0 bridgehead atoms. The maximum Gasteiger partial charge on any atom is 0.169 e. The van der Waals surface area contributed by atoms with Crippen LogP contribution >= 0.6 is 0 Å². The Hall–Kier alpha value is -1.05. The molecule has 9 heavy (non-hydrogen) atoms. The van der Waals surface area contributed by atoms with Gasteiger partial charge < -0.3 is 5.21 Å². The molecule has 0 aliphatic heterocycles. The molecule has 0 aliphatic carbocycles. The standard InChI is InChI=1S/C7H11NO/c1-3-5-7(8-9)6-4-2/h3-4,8H,1-2,5-6H2. The third kappa shape index (κ3) is 3.53. The molecule has 0 atom stereocenters. The lowest BCUT2D eigenvalue weighted by atomic mass is 10.2. The fraction of sp³-hybridized carbons (Fsp3) is 0.286. The highest BCUT2D eigenvalue weighted by Gasteiger charge is 1.95. The number of rotatable bonds is 4. The zero-order chi connectivity index (χ0) is 7.11. The molecule has 2 heteroatoms. The van der Waals surface area contributed by atoms with Crippen molar-refractivity contribution in [1.82, 2.24) is 0 Å². The van der Waals surface area contributed by atoms with Crippen LogP contribution in [-0.2, 0) is 0 Å². The van der Waals surface area contributed by atoms with Crippen LogP contribution in [0.2, 0.25) is 0 Å². The van der Waals surface area contributed by atoms with E-state index in [0.717, 1.165) is 0 Å². The Balaban J connectivity index is 3.68. The van der Waals surface area contributed by atoms with Crippen molar-refractivity contribution >= 4 is 5.71 Å². The zero-order valence-electron chi connectivity index (χ0n) is 5.39. The van der Waals surface area contributed by atoms with Gasteiger partial charge in [-0.1, -0.05) is 12.2 Å². The molecular formula is C7H11NO. The van der Waals surface area contributed by atoms with Gasteiger partial charge in [-0.05, 0) is 0 Å². The van der Waals surface area contributed by atoms with Crippen molar-refractivity contribution in [2.24, 2.45) is 0 Å². The second kappa shape index (κ2) is 5.09. The van der Waals surface area contributed by atoms with E-state index in [1.807, 2.05) is 5.16 Å². The van der Waals surface area contributed by atoms with E-state index in [9.17, 15) is 5.21 Å². The molecule has 0 rings (SSSR count). The first kappa shape index (κ1) is 7.95. The van der Waals surface area contributed by atoms with Gasteiger partial charge in [-0.3, -0.25) is 0 Å². The molecule has 2 nitrogen and oxygen atoms in total. The lowest BCUT2D eigenvalue weighted by Gasteiger charge is -1.91. The summed E-state index contributed by atoms with van der Waals surface area (Å²) in [4.78, 5) is 0. The highest BCUT2D eigenvalue weighted by Crippen LogP contribution is 1.86. The fourth-order valence-electron chi connectivity index (χ4n) is 0.515. The van der Waals surface area contributed by atoms with Crippen LogP contribution in [0.4, 0.5) is 0 Å². The van der Waals surface area contributed by atoms with E-state index in [1.54, 1.807) is 12.2 Å². The van der Waals surface area contributed by atoms with Crippen molar-refractivity contribution in [3.05, 3.63) is 30.5 Å². The molecule has 0 aromatic heterocycles. The average Bonchev–Trinajstić information content (AvgIpc) is 1.88. The van der Waals surface area contributed by atoms with Gasteiger partial charge in [0.15, 0.2) is 5.71 Å². The van der Waals surface area contributed by atoms with Crippen molar-refractivity contribution in [3.8, 4) is 0 Å². The van der Waals surface area contributed by atoms with Crippen LogP contribution in [0.25, 0.3) is 0 Å². The number of hydrogen-bond acceptors (Lipinski definition) is 1. The number of nitrogens with one attached hydrogen (secondary N) is 1. The summed E-state index contributed by atoms with van der Waals surface area (Å²) < 4.78 is 0. The Morgan fingerprint density at radius 2 is 1.78 bits per heavy atom. The minimum absolute atomic E-state index is 0.621. The first-order chi connectivity index (χ1) is 4.35. The minimum Gasteiger partial charge on any atom is -0.625 e. The molecule has 0 radical (unpaired) electrons. The topological polar surface area (TPSA) is 37.0 Å². The normalized spacial score (nSPS) is 8.00. The molecule has 0 spiro atoms. The highest BCUT2D eigenvalue weighted by molar-refractivity contribution is 5.81. The van der Waals surface area contributed by atoms with Crippen LogP contribution < -0.4 is 5.16 Å². The van der Waals surface area contributed by atoms with E-state index in [4.69, 9.17) is 0 Å². The second-order valence-corrected chi connectivity index (χ2v) is 1.69. The summed E-state index contributed by atoms with van der Waals surface area (Å²) in [5, 5.41) is 11.9.